The summed E-state index contributed by atoms with van der Waals surface area (Å²) in [6, 6.07) is 20.2. The van der Waals surface area contributed by atoms with Crippen molar-refractivity contribution in [3.05, 3.63) is 78.1 Å². The van der Waals surface area contributed by atoms with E-state index >= 15 is 0 Å². The Morgan fingerprint density at radius 3 is 2.59 bits per heavy atom. The number of carbonyl (C=O) groups excluding carboxylic acids is 1. The molecule has 1 aromatic heterocycles. The normalized spacial score (nSPS) is 11.9. The van der Waals surface area contributed by atoms with Gasteiger partial charge in [-0.05, 0) is 34.4 Å². The van der Waals surface area contributed by atoms with Crippen LogP contribution in [0.2, 0.25) is 0 Å². The molecule has 0 aliphatic rings. The van der Waals surface area contributed by atoms with E-state index in [4.69, 9.17) is 4.74 Å². The van der Waals surface area contributed by atoms with E-state index in [0.717, 1.165) is 38.2 Å². The first kappa shape index (κ1) is 18.6. The van der Waals surface area contributed by atoms with E-state index in [2.05, 4.69) is 17.1 Å². The van der Waals surface area contributed by atoms with E-state index in [9.17, 15) is 10.1 Å². The van der Waals surface area contributed by atoms with E-state index in [1.807, 2.05) is 67.8 Å². The molecule has 4 aromatic rings. The first-order chi connectivity index (χ1) is 14.1. The third kappa shape index (κ3) is 3.43. The maximum absolute atomic E-state index is 11.8. The van der Waals surface area contributed by atoms with Crippen LogP contribution in [0.4, 0.5) is 0 Å². The van der Waals surface area contributed by atoms with Crippen LogP contribution in [-0.2, 0) is 16.0 Å². The Hall–Kier alpha value is -3.71. The van der Waals surface area contributed by atoms with Crippen LogP contribution in [0.15, 0.2) is 67.0 Å². The molecule has 0 spiro atoms. The lowest BCUT2D eigenvalue weighted by Gasteiger charge is -2.13. The van der Waals surface area contributed by atoms with Gasteiger partial charge in [0.05, 0.1) is 24.7 Å². The van der Waals surface area contributed by atoms with Crippen molar-refractivity contribution < 1.29 is 9.53 Å². The third-order valence-corrected chi connectivity index (χ3v) is 5.31. The van der Waals surface area contributed by atoms with Crippen molar-refractivity contribution in [2.24, 2.45) is 5.92 Å². The van der Waals surface area contributed by atoms with Crippen molar-refractivity contribution in [1.29, 1.82) is 5.26 Å². The molecular weight excluding hydrogens is 360 g/mol. The second kappa shape index (κ2) is 7.73. The molecule has 0 amide bonds. The summed E-state index contributed by atoms with van der Waals surface area (Å²) < 4.78 is 4.86. The van der Waals surface area contributed by atoms with Gasteiger partial charge in [-0.1, -0.05) is 55.5 Å². The van der Waals surface area contributed by atoms with Gasteiger partial charge < -0.3 is 4.74 Å². The van der Waals surface area contributed by atoms with Gasteiger partial charge in [0, 0.05) is 28.7 Å². The number of benzene rings is 3. The lowest BCUT2D eigenvalue weighted by Crippen LogP contribution is -2.15. The summed E-state index contributed by atoms with van der Waals surface area (Å²) in [5, 5.41) is 13.5. The molecule has 0 bridgehead atoms. The van der Waals surface area contributed by atoms with Crippen LogP contribution in [0.1, 0.15) is 18.1 Å². The van der Waals surface area contributed by atoms with E-state index < -0.39 is 0 Å². The molecule has 29 heavy (non-hydrogen) atoms. The topological polar surface area (TPSA) is 63.0 Å². The van der Waals surface area contributed by atoms with E-state index in [1.54, 1.807) is 0 Å². The van der Waals surface area contributed by atoms with Crippen LogP contribution in [0, 0.1) is 17.2 Å². The number of rotatable bonds is 4. The minimum atomic E-state index is -0.210. The van der Waals surface area contributed by atoms with Crippen molar-refractivity contribution in [3.63, 3.8) is 0 Å². The van der Waals surface area contributed by atoms with Gasteiger partial charge in [0.2, 0.25) is 0 Å². The maximum Gasteiger partial charge on any atom is 0.308 e. The molecule has 1 unspecified atom stereocenters. The fourth-order valence-corrected chi connectivity index (χ4v) is 3.82. The highest BCUT2D eigenvalue weighted by Crippen LogP contribution is 2.35. The third-order valence-electron chi connectivity index (χ3n) is 5.31. The van der Waals surface area contributed by atoms with Crippen LogP contribution in [-0.4, -0.2) is 18.1 Å². The first-order valence-electron chi connectivity index (χ1n) is 9.49. The van der Waals surface area contributed by atoms with E-state index in [-0.39, 0.29) is 11.9 Å². The molecule has 1 atom stereocenters. The Morgan fingerprint density at radius 2 is 1.83 bits per heavy atom. The van der Waals surface area contributed by atoms with Crippen LogP contribution in [0.25, 0.3) is 32.7 Å². The standard InChI is InChI=1S/C25H20N2O2/c1-16(25(28)29-2)11-17-7-8-19-14-27-15-24(23(19)12-17)22-10-9-18(13-26)20-5-3-4-6-21(20)22/h3-10,12,14-16H,11H2,1-2H3. The van der Waals surface area contributed by atoms with Crippen LogP contribution >= 0.6 is 0 Å². The monoisotopic (exact) mass is 380 g/mol. The lowest BCUT2D eigenvalue weighted by atomic mass is 9.92. The van der Waals surface area contributed by atoms with Gasteiger partial charge in [0.1, 0.15) is 0 Å². The molecule has 4 rings (SSSR count). The van der Waals surface area contributed by atoms with Crippen LogP contribution in [0.5, 0.6) is 0 Å². The number of nitriles is 1. The second-order valence-corrected chi connectivity index (χ2v) is 7.19. The number of carbonyl (C=O) groups is 1. The Kier molecular flexibility index (Phi) is 4.97. The smallest absolute Gasteiger partial charge is 0.308 e. The van der Waals surface area contributed by atoms with Crippen LogP contribution in [0.3, 0.4) is 0 Å². The fourth-order valence-electron chi connectivity index (χ4n) is 3.82. The zero-order chi connectivity index (χ0) is 20.4. The molecule has 1 heterocycles. The average Bonchev–Trinajstić information content (AvgIpc) is 2.77. The number of aromatic nitrogens is 1. The summed E-state index contributed by atoms with van der Waals surface area (Å²) >= 11 is 0. The molecule has 0 fully saturated rings. The quantitative estimate of drug-likeness (QED) is 0.452. The SMILES string of the molecule is COC(=O)C(C)Cc1ccc2cncc(-c3ccc(C#N)c4ccccc34)c2c1. The first-order valence-corrected chi connectivity index (χ1v) is 9.49. The number of ether oxygens (including phenoxy) is 1. The van der Waals surface area contributed by atoms with Crippen molar-refractivity contribution in [2.75, 3.05) is 7.11 Å². The molecule has 0 saturated carbocycles. The highest BCUT2D eigenvalue weighted by atomic mass is 16.5. The molecular formula is C25H20N2O2. The molecule has 4 nitrogen and oxygen atoms in total. The zero-order valence-corrected chi connectivity index (χ0v) is 16.3. The van der Waals surface area contributed by atoms with Gasteiger partial charge >= 0.3 is 5.97 Å². The summed E-state index contributed by atoms with van der Waals surface area (Å²) in [6.07, 6.45) is 4.32. The van der Waals surface area contributed by atoms with Crippen molar-refractivity contribution in [3.8, 4) is 17.2 Å². The van der Waals surface area contributed by atoms with Gasteiger partial charge in [-0.3, -0.25) is 9.78 Å². The van der Waals surface area contributed by atoms with Gasteiger partial charge in [0.15, 0.2) is 0 Å². The summed E-state index contributed by atoms with van der Waals surface area (Å²) in [4.78, 5) is 16.2. The van der Waals surface area contributed by atoms with E-state index in [1.165, 1.54) is 7.11 Å². The Labute approximate surface area is 169 Å². The lowest BCUT2D eigenvalue weighted by molar-refractivity contribution is -0.144. The molecule has 0 N–H and O–H groups in total. The minimum absolute atomic E-state index is 0.210. The number of nitrogens with zero attached hydrogens (tertiary/aromatic N) is 2. The van der Waals surface area contributed by atoms with Gasteiger partial charge in [0.25, 0.3) is 0 Å². The zero-order valence-electron chi connectivity index (χ0n) is 16.3. The predicted molar refractivity (Wildman–Crippen MR) is 114 cm³/mol. The predicted octanol–water partition coefficient (Wildman–Crippen LogP) is 5.28. The highest BCUT2D eigenvalue weighted by Gasteiger charge is 2.15. The summed E-state index contributed by atoms with van der Waals surface area (Å²) in [7, 11) is 1.42. The summed E-state index contributed by atoms with van der Waals surface area (Å²) in [5.74, 6) is -0.420. The summed E-state index contributed by atoms with van der Waals surface area (Å²) in [6.45, 7) is 1.87. The largest absolute Gasteiger partial charge is 0.469 e. The van der Waals surface area contributed by atoms with E-state index in [0.29, 0.717) is 12.0 Å². The maximum atomic E-state index is 11.8. The average molecular weight is 380 g/mol. The number of hydrogen-bond acceptors (Lipinski definition) is 4. The van der Waals surface area contributed by atoms with Gasteiger partial charge in [-0.15, -0.1) is 0 Å². The second-order valence-electron chi connectivity index (χ2n) is 7.19. The van der Waals surface area contributed by atoms with Crippen molar-refractivity contribution in [2.45, 2.75) is 13.3 Å². The molecule has 0 radical (unpaired) electrons. The molecule has 0 aliphatic heterocycles. The highest BCUT2D eigenvalue weighted by molar-refractivity contribution is 6.06. The van der Waals surface area contributed by atoms with Gasteiger partial charge in [-0.2, -0.15) is 5.26 Å². The Morgan fingerprint density at radius 1 is 1.03 bits per heavy atom. The molecule has 0 saturated heterocycles. The van der Waals surface area contributed by atoms with Crippen LogP contribution < -0.4 is 0 Å². The van der Waals surface area contributed by atoms with Crippen molar-refractivity contribution >= 4 is 27.5 Å². The number of esters is 1. The van der Waals surface area contributed by atoms with Crippen molar-refractivity contribution in [1.82, 2.24) is 4.98 Å². The Bertz CT molecular complexity index is 1270. The number of methoxy groups -OCH3 is 1. The molecule has 142 valence electrons. The molecule has 0 aliphatic carbocycles. The molecule has 4 heteroatoms. The van der Waals surface area contributed by atoms with Gasteiger partial charge in [-0.25, -0.2) is 0 Å². The molecule has 3 aromatic carbocycles. The summed E-state index contributed by atoms with van der Waals surface area (Å²) in [5.41, 5.74) is 3.78. The fraction of sp³-hybridized carbons (Fsp3) is 0.160. The minimum Gasteiger partial charge on any atom is -0.469 e. The Balaban J connectivity index is 1.89. The number of fused-ring (bicyclic) bond motifs is 2. The number of pyridine rings is 1. The number of hydrogen-bond donors (Lipinski definition) is 0.